The highest BCUT2D eigenvalue weighted by molar-refractivity contribution is 5.40. The quantitative estimate of drug-likeness (QED) is 0.840. The largest absolute Gasteiger partial charge is 0.359 e. The zero-order valence-corrected chi connectivity index (χ0v) is 12.6. The molecule has 0 atom stereocenters. The Labute approximate surface area is 112 Å². The van der Waals surface area contributed by atoms with Crippen molar-refractivity contribution >= 4 is 5.82 Å². The molecule has 18 heavy (non-hydrogen) atoms. The summed E-state index contributed by atoms with van der Waals surface area (Å²) in [7, 11) is 2.10. The van der Waals surface area contributed by atoms with E-state index in [4.69, 9.17) is 0 Å². The third-order valence-electron chi connectivity index (χ3n) is 2.91. The van der Waals surface area contributed by atoms with Crippen LogP contribution in [0.1, 0.15) is 39.0 Å². The number of anilines is 1. The van der Waals surface area contributed by atoms with Gasteiger partial charge in [-0.1, -0.05) is 33.8 Å². The maximum absolute atomic E-state index is 4.69. The van der Waals surface area contributed by atoms with E-state index < -0.39 is 0 Å². The number of rotatable bonds is 6. The van der Waals surface area contributed by atoms with Crippen LogP contribution in [0.15, 0.2) is 12.1 Å². The van der Waals surface area contributed by atoms with Crippen molar-refractivity contribution in [1.82, 2.24) is 10.3 Å². The maximum atomic E-state index is 4.69. The molecule has 0 saturated carbocycles. The van der Waals surface area contributed by atoms with E-state index in [1.54, 1.807) is 0 Å². The van der Waals surface area contributed by atoms with Crippen molar-refractivity contribution < 1.29 is 0 Å². The summed E-state index contributed by atoms with van der Waals surface area (Å²) >= 11 is 0. The Balaban J connectivity index is 2.72. The summed E-state index contributed by atoms with van der Waals surface area (Å²) in [6.07, 6.45) is 0. The predicted molar refractivity (Wildman–Crippen MR) is 79.1 cm³/mol. The van der Waals surface area contributed by atoms with Gasteiger partial charge in [-0.05, 0) is 24.5 Å². The van der Waals surface area contributed by atoms with E-state index in [-0.39, 0.29) is 0 Å². The third kappa shape index (κ3) is 4.65. The summed E-state index contributed by atoms with van der Waals surface area (Å²) in [4.78, 5) is 6.91. The van der Waals surface area contributed by atoms with Crippen molar-refractivity contribution in [3.63, 3.8) is 0 Å². The third-order valence-corrected chi connectivity index (χ3v) is 2.91. The van der Waals surface area contributed by atoms with Crippen molar-refractivity contribution in [2.75, 3.05) is 18.5 Å². The fourth-order valence-corrected chi connectivity index (χ4v) is 1.93. The zero-order valence-electron chi connectivity index (χ0n) is 12.6. The van der Waals surface area contributed by atoms with E-state index in [1.807, 2.05) is 0 Å². The summed E-state index contributed by atoms with van der Waals surface area (Å²) in [5.74, 6) is 1.72. The molecule has 1 N–H and O–H groups in total. The van der Waals surface area contributed by atoms with Crippen LogP contribution in [-0.4, -0.2) is 24.6 Å². The van der Waals surface area contributed by atoms with Crippen LogP contribution in [0.3, 0.4) is 0 Å². The van der Waals surface area contributed by atoms with Gasteiger partial charge in [0.05, 0.1) is 0 Å². The van der Waals surface area contributed by atoms with Crippen LogP contribution in [0, 0.1) is 12.8 Å². The molecule has 3 heteroatoms. The molecule has 102 valence electrons. The van der Waals surface area contributed by atoms with Gasteiger partial charge in [-0.15, -0.1) is 0 Å². The van der Waals surface area contributed by atoms with Crippen molar-refractivity contribution in [3.8, 4) is 0 Å². The first-order valence-electron chi connectivity index (χ1n) is 6.81. The first kappa shape index (κ1) is 15.0. The van der Waals surface area contributed by atoms with Gasteiger partial charge in [0.25, 0.3) is 0 Å². The number of pyridine rings is 1. The molecule has 0 saturated heterocycles. The minimum Gasteiger partial charge on any atom is -0.359 e. The van der Waals surface area contributed by atoms with E-state index in [0.717, 1.165) is 24.6 Å². The molecule has 0 fully saturated rings. The van der Waals surface area contributed by atoms with Gasteiger partial charge in [0.2, 0.25) is 0 Å². The van der Waals surface area contributed by atoms with Crippen LogP contribution in [0.2, 0.25) is 0 Å². The standard InChI is InChI=1S/C15H27N3/c1-11(2)10-18(6)15-8-7-14(13(5)17-15)9-16-12(3)4/h7-8,11-12,16H,9-10H2,1-6H3. The Bertz CT molecular complexity index is 372. The molecule has 1 heterocycles. The minimum absolute atomic E-state index is 0.507. The van der Waals surface area contributed by atoms with Crippen LogP contribution >= 0.6 is 0 Å². The number of nitrogens with one attached hydrogen (secondary N) is 1. The lowest BCUT2D eigenvalue weighted by atomic mass is 10.1. The van der Waals surface area contributed by atoms with Gasteiger partial charge >= 0.3 is 0 Å². The first-order valence-corrected chi connectivity index (χ1v) is 6.81. The Hall–Kier alpha value is -1.09. The van der Waals surface area contributed by atoms with Gasteiger partial charge in [0.15, 0.2) is 0 Å². The number of hydrogen-bond donors (Lipinski definition) is 1. The lowest BCUT2D eigenvalue weighted by Crippen LogP contribution is -2.25. The Kier molecular flexibility index (Phi) is 5.60. The lowest BCUT2D eigenvalue weighted by Gasteiger charge is -2.21. The van der Waals surface area contributed by atoms with Crippen molar-refractivity contribution in [2.24, 2.45) is 5.92 Å². The highest BCUT2D eigenvalue weighted by Gasteiger charge is 2.07. The molecule has 1 aromatic heterocycles. The second-order valence-corrected chi connectivity index (χ2v) is 5.72. The summed E-state index contributed by atoms with van der Waals surface area (Å²) in [5.41, 5.74) is 2.40. The highest BCUT2D eigenvalue weighted by atomic mass is 15.2. The molecular formula is C15H27N3. The molecule has 0 aromatic carbocycles. The number of aromatic nitrogens is 1. The molecule has 3 nitrogen and oxygen atoms in total. The fourth-order valence-electron chi connectivity index (χ4n) is 1.93. The van der Waals surface area contributed by atoms with E-state index in [9.17, 15) is 0 Å². The normalized spacial score (nSPS) is 11.3. The SMILES string of the molecule is Cc1nc(N(C)CC(C)C)ccc1CNC(C)C. The topological polar surface area (TPSA) is 28.2 Å². The van der Waals surface area contributed by atoms with Gasteiger partial charge in [-0.2, -0.15) is 0 Å². The Morgan fingerprint density at radius 1 is 1.22 bits per heavy atom. The molecule has 0 radical (unpaired) electrons. The van der Waals surface area contributed by atoms with Crippen molar-refractivity contribution in [2.45, 2.75) is 47.2 Å². The second kappa shape index (κ2) is 6.74. The second-order valence-electron chi connectivity index (χ2n) is 5.72. The van der Waals surface area contributed by atoms with Crippen molar-refractivity contribution in [3.05, 3.63) is 23.4 Å². The highest BCUT2D eigenvalue weighted by Crippen LogP contribution is 2.15. The van der Waals surface area contributed by atoms with Crippen LogP contribution in [0.5, 0.6) is 0 Å². The predicted octanol–water partition coefficient (Wildman–Crippen LogP) is 2.98. The molecule has 1 rings (SSSR count). The average Bonchev–Trinajstić information content (AvgIpc) is 2.26. The van der Waals surface area contributed by atoms with E-state index in [0.29, 0.717) is 12.0 Å². The number of hydrogen-bond acceptors (Lipinski definition) is 3. The average molecular weight is 249 g/mol. The van der Waals surface area contributed by atoms with Gasteiger partial charge in [0.1, 0.15) is 5.82 Å². The van der Waals surface area contributed by atoms with Gasteiger partial charge in [-0.3, -0.25) is 0 Å². The number of aryl methyl sites for hydroxylation is 1. The number of nitrogens with zero attached hydrogens (tertiary/aromatic N) is 2. The summed E-state index contributed by atoms with van der Waals surface area (Å²) < 4.78 is 0. The molecule has 0 spiro atoms. The van der Waals surface area contributed by atoms with Gasteiger partial charge < -0.3 is 10.2 Å². The Morgan fingerprint density at radius 2 is 1.89 bits per heavy atom. The van der Waals surface area contributed by atoms with Gasteiger partial charge in [0, 0.05) is 31.9 Å². The molecule has 1 aromatic rings. The summed E-state index contributed by atoms with van der Waals surface area (Å²) in [6, 6.07) is 4.81. The molecule has 0 bridgehead atoms. The zero-order chi connectivity index (χ0) is 13.7. The van der Waals surface area contributed by atoms with E-state index in [1.165, 1.54) is 5.56 Å². The summed E-state index contributed by atoms with van der Waals surface area (Å²) in [6.45, 7) is 12.8. The van der Waals surface area contributed by atoms with Crippen LogP contribution in [0.4, 0.5) is 5.82 Å². The molecule has 0 unspecified atom stereocenters. The lowest BCUT2D eigenvalue weighted by molar-refractivity contribution is 0.585. The van der Waals surface area contributed by atoms with Crippen LogP contribution in [0.25, 0.3) is 0 Å². The maximum Gasteiger partial charge on any atom is 0.128 e. The van der Waals surface area contributed by atoms with Crippen molar-refractivity contribution in [1.29, 1.82) is 0 Å². The first-order chi connectivity index (χ1) is 8.40. The molecule has 0 amide bonds. The molecule has 0 aliphatic carbocycles. The van der Waals surface area contributed by atoms with Crippen LogP contribution in [-0.2, 0) is 6.54 Å². The van der Waals surface area contributed by atoms with E-state index >= 15 is 0 Å². The van der Waals surface area contributed by atoms with Crippen LogP contribution < -0.4 is 10.2 Å². The molecular weight excluding hydrogens is 222 g/mol. The minimum atomic E-state index is 0.507. The fraction of sp³-hybridized carbons (Fsp3) is 0.667. The molecule has 0 aliphatic heterocycles. The molecule has 0 aliphatic rings. The van der Waals surface area contributed by atoms with Gasteiger partial charge in [-0.25, -0.2) is 4.98 Å². The van der Waals surface area contributed by atoms with E-state index in [2.05, 4.69) is 69.0 Å². The monoisotopic (exact) mass is 249 g/mol. The summed E-state index contributed by atoms with van der Waals surface area (Å²) in [5, 5.41) is 3.43. The smallest absolute Gasteiger partial charge is 0.128 e. The Morgan fingerprint density at radius 3 is 2.39 bits per heavy atom.